The van der Waals surface area contributed by atoms with Gasteiger partial charge in [-0.1, -0.05) is 18.2 Å². The number of nitrogens with one attached hydrogen (secondary N) is 1. The first-order valence-corrected chi connectivity index (χ1v) is 8.09. The summed E-state index contributed by atoms with van der Waals surface area (Å²) in [7, 11) is -1.87. The van der Waals surface area contributed by atoms with Crippen LogP contribution in [0.2, 0.25) is 0 Å². The second-order valence-corrected chi connectivity index (χ2v) is 6.10. The minimum absolute atomic E-state index is 0.0621. The van der Waals surface area contributed by atoms with Gasteiger partial charge in [0.2, 0.25) is 5.91 Å². The van der Waals surface area contributed by atoms with Crippen LogP contribution >= 0.6 is 0 Å². The lowest BCUT2D eigenvalue weighted by molar-refractivity contribution is -0.120. The molecule has 0 aliphatic heterocycles. The molecule has 0 spiro atoms. The molecule has 1 heterocycles. The molecule has 0 fully saturated rings. The van der Waals surface area contributed by atoms with Gasteiger partial charge in [-0.3, -0.25) is 4.79 Å². The lowest BCUT2D eigenvalue weighted by atomic mass is 9.75. The molecule has 3 aromatic rings. The first-order valence-electron chi connectivity index (χ1n) is 8.09. The van der Waals surface area contributed by atoms with Gasteiger partial charge >= 0.3 is 7.12 Å². The highest BCUT2D eigenvalue weighted by atomic mass is 19.2. The third-order valence-corrected chi connectivity index (χ3v) is 4.12. The molecule has 0 aliphatic rings. The largest absolute Gasteiger partial charge is 0.475 e. The maximum absolute atomic E-state index is 13.2. The van der Waals surface area contributed by atoms with Crippen molar-refractivity contribution in [1.29, 1.82) is 0 Å². The molecule has 0 aliphatic carbocycles. The van der Waals surface area contributed by atoms with Crippen LogP contribution < -0.4 is 5.32 Å². The topological polar surface area (TPSA) is 82.7 Å². The molecule has 2 aromatic carbocycles. The first kappa shape index (κ1) is 19.0. The summed E-state index contributed by atoms with van der Waals surface area (Å²) in [6.45, 7) is 0. The van der Waals surface area contributed by atoms with Crippen LogP contribution in [0.4, 0.5) is 13.2 Å². The van der Waals surface area contributed by atoms with Crippen molar-refractivity contribution in [2.45, 2.75) is 18.8 Å². The van der Waals surface area contributed by atoms with Crippen molar-refractivity contribution in [3.8, 4) is 0 Å². The number of hydrogen-bond donors (Lipinski definition) is 3. The van der Waals surface area contributed by atoms with Crippen molar-refractivity contribution in [2.24, 2.45) is 0 Å². The van der Waals surface area contributed by atoms with Gasteiger partial charge in [0.25, 0.3) is 0 Å². The summed E-state index contributed by atoms with van der Waals surface area (Å²) >= 11 is 0. The summed E-state index contributed by atoms with van der Waals surface area (Å²) in [5.74, 6) is -6.20. The number of amides is 1. The van der Waals surface area contributed by atoms with E-state index in [9.17, 15) is 28.0 Å². The first-order chi connectivity index (χ1) is 12.8. The third kappa shape index (κ3) is 4.32. The number of hydrogen-bond acceptors (Lipinski definition) is 4. The Bertz CT molecular complexity index is 953. The Morgan fingerprint density at radius 1 is 1.15 bits per heavy atom. The number of carbonyl (C=O) groups excluding carboxylic acids is 1. The monoisotopic (exact) mass is 377 g/mol. The molecule has 0 saturated heterocycles. The summed E-state index contributed by atoms with van der Waals surface area (Å²) in [4.78, 5) is 12.1. The van der Waals surface area contributed by atoms with Gasteiger partial charge in [-0.05, 0) is 35.7 Å². The average Bonchev–Trinajstić information content (AvgIpc) is 3.02. The van der Waals surface area contributed by atoms with Crippen LogP contribution in [0, 0.1) is 17.5 Å². The fourth-order valence-electron chi connectivity index (χ4n) is 2.81. The molecule has 5 nitrogen and oxygen atoms in total. The molecular weight excluding hydrogens is 362 g/mol. The zero-order chi connectivity index (χ0) is 19.6. The van der Waals surface area contributed by atoms with Crippen molar-refractivity contribution in [1.82, 2.24) is 5.32 Å². The van der Waals surface area contributed by atoms with Crippen LogP contribution in [0.25, 0.3) is 11.0 Å². The summed E-state index contributed by atoms with van der Waals surface area (Å²) in [5.41, 5.74) is 1.19. The van der Waals surface area contributed by atoms with Crippen molar-refractivity contribution >= 4 is 24.0 Å². The summed E-state index contributed by atoms with van der Waals surface area (Å²) in [5, 5.41) is 22.3. The molecule has 140 valence electrons. The van der Waals surface area contributed by atoms with Crippen LogP contribution in [0.1, 0.15) is 11.1 Å². The highest BCUT2D eigenvalue weighted by molar-refractivity contribution is 6.43. The minimum atomic E-state index is -1.87. The van der Waals surface area contributed by atoms with Crippen LogP contribution in [0.3, 0.4) is 0 Å². The van der Waals surface area contributed by atoms with E-state index in [0.29, 0.717) is 23.3 Å². The molecule has 0 unspecified atom stereocenters. The van der Waals surface area contributed by atoms with Gasteiger partial charge in [0, 0.05) is 5.39 Å². The van der Waals surface area contributed by atoms with Crippen molar-refractivity contribution < 1.29 is 32.4 Å². The summed E-state index contributed by atoms with van der Waals surface area (Å²) < 4.78 is 44.8. The van der Waals surface area contributed by atoms with Crippen LogP contribution in [0.5, 0.6) is 0 Å². The van der Waals surface area contributed by atoms with E-state index in [-0.39, 0.29) is 12.0 Å². The second-order valence-electron chi connectivity index (χ2n) is 6.10. The Kier molecular flexibility index (Phi) is 5.52. The van der Waals surface area contributed by atoms with Crippen molar-refractivity contribution in [2.75, 3.05) is 0 Å². The molecule has 3 rings (SSSR count). The van der Waals surface area contributed by atoms with Gasteiger partial charge in [0.05, 0.1) is 18.6 Å². The van der Waals surface area contributed by atoms with Gasteiger partial charge in [-0.25, -0.2) is 13.2 Å². The molecule has 0 radical (unpaired) electrons. The standard InChI is InChI=1S/C18H15BF3NO4/c20-13-5-10(6-14(21)18(13)22)7-17(24)23-16(19(25)26)8-11-9-27-15-4-2-1-3-12(11)15/h1-6,9,16,25-26H,7-8H2,(H,23,24)/t16-/m0/s1. The van der Waals surface area contributed by atoms with E-state index in [2.05, 4.69) is 5.32 Å². The summed E-state index contributed by atoms with van der Waals surface area (Å²) in [6, 6.07) is 8.55. The highest BCUT2D eigenvalue weighted by Crippen LogP contribution is 2.22. The zero-order valence-electron chi connectivity index (χ0n) is 14.0. The van der Waals surface area contributed by atoms with E-state index < -0.39 is 42.8 Å². The summed E-state index contributed by atoms with van der Waals surface area (Å²) in [6.07, 6.45) is 1.06. The molecule has 1 atom stereocenters. The molecule has 1 amide bonds. The molecular formula is C18H15BF3NO4. The van der Waals surface area contributed by atoms with E-state index in [1.165, 1.54) is 6.26 Å². The van der Waals surface area contributed by atoms with Gasteiger partial charge in [-0.2, -0.15) is 0 Å². The number of fused-ring (bicyclic) bond motifs is 1. The number of carbonyl (C=O) groups is 1. The van der Waals surface area contributed by atoms with Crippen LogP contribution in [0.15, 0.2) is 47.1 Å². The van der Waals surface area contributed by atoms with Crippen molar-refractivity contribution in [3.63, 3.8) is 0 Å². The minimum Gasteiger partial charge on any atom is -0.464 e. The number of rotatable bonds is 6. The zero-order valence-corrected chi connectivity index (χ0v) is 14.0. The lowest BCUT2D eigenvalue weighted by Gasteiger charge is -2.17. The van der Waals surface area contributed by atoms with E-state index in [1.54, 1.807) is 24.3 Å². The normalized spacial score (nSPS) is 12.2. The predicted molar refractivity (Wildman–Crippen MR) is 92.1 cm³/mol. The fraction of sp³-hybridized carbons (Fsp3) is 0.167. The molecule has 0 saturated carbocycles. The predicted octanol–water partition coefficient (Wildman–Crippen LogP) is 2.13. The highest BCUT2D eigenvalue weighted by Gasteiger charge is 2.27. The maximum atomic E-state index is 13.2. The van der Waals surface area contributed by atoms with Crippen molar-refractivity contribution in [3.05, 3.63) is 71.2 Å². The van der Waals surface area contributed by atoms with E-state index in [0.717, 1.165) is 5.39 Å². The molecule has 9 heteroatoms. The third-order valence-electron chi connectivity index (χ3n) is 4.12. The molecule has 1 aromatic heterocycles. The van der Waals surface area contributed by atoms with Gasteiger partial charge in [0.15, 0.2) is 17.5 Å². The number of para-hydroxylation sites is 1. The van der Waals surface area contributed by atoms with E-state index >= 15 is 0 Å². The van der Waals surface area contributed by atoms with Crippen LogP contribution in [-0.4, -0.2) is 29.0 Å². The van der Waals surface area contributed by atoms with Gasteiger partial charge in [0.1, 0.15) is 5.58 Å². The number of furan rings is 1. The van der Waals surface area contributed by atoms with Gasteiger partial charge in [-0.15, -0.1) is 0 Å². The Balaban J connectivity index is 1.71. The number of halogens is 3. The smallest absolute Gasteiger partial charge is 0.464 e. The SMILES string of the molecule is O=C(Cc1cc(F)c(F)c(F)c1)N[C@@H](Cc1coc2ccccc12)B(O)O. The molecule has 3 N–H and O–H groups in total. The lowest BCUT2D eigenvalue weighted by Crippen LogP contribution is -2.48. The Morgan fingerprint density at radius 3 is 2.48 bits per heavy atom. The molecule has 27 heavy (non-hydrogen) atoms. The second kappa shape index (κ2) is 7.85. The fourth-order valence-corrected chi connectivity index (χ4v) is 2.81. The Hall–Kier alpha value is -2.78. The Morgan fingerprint density at radius 2 is 1.81 bits per heavy atom. The average molecular weight is 377 g/mol. The van der Waals surface area contributed by atoms with Gasteiger partial charge < -0.3 is 19.8 Å². The quantitative estimate of drug-likeness (QED) is 0.454. The maximum Gasteiger partial charge on any atom is 0.475 e. The molecule has 0 bridgehead atoms. The van der Waals surface area contributed by atoms with E-state index in [4.69, 9.17) is 4.42 Å². The van der Waals surface area contributed by atoms with E-state index in [1.807, 2.05) is 0 Å². The number of benzene rings is 2. The Labute approximate surface area is 152 Å². The van der Waals surface area contributed by atoms with Crippen LogP contribution in [-0.2, 0) is 17.6 Å².